The predicted octanol–water partition coefficient (Wildman–Crippen LogP) is 3.01. The lowest BCUT2D eigenvalue weighted by atomic mass is 9.88. The van der Waals surface area contributed by atoms with Gasteiger partial charge < -0.3 is 10.2 Å². The average Bonchev–Trinajstić information content (AvgIpc) is 3.05. The van der Waals surface area contributed by atoms with Crippen LogP contribution in [0.2, 0.25) is 0 Å². The number of aryl methyl sites for hydroxylation is 1. The molecule has 2 N–H and O–H groups in total. The highest BCUT2D eigenvalue weighted by Gasteiger charge is 2.27. The summed E-state index contributed by atoms with van der Waals surface area (Å²) in [5.74, 6) is 1.56. The molecule has 0 radical (unpaired) electrons. The first-order chi connectivity index (χ1) is 8.79. The maximum absolute atomic E-state index is 5.92. The van der Waals surface area contributed by atoms with E-state index >= 15 is 0 Å². The lowest BCUT2D eigenvalue weighted by Gasteiger charge is -2.19. The third kappa shape index (κ3) is 1.97. The summed E-state index contributed by atoms with van der Waals surface area (Å²) in [5, 5.41) is 10.4. The Morgan fingerprint density at radius 1 is 1.56 bits per heavy atom. The van der Waals surface area contributed by atoms with Gasteiger partial charge in [-0.3, -0.25) is 0 Å². The molecule has 2 atom stereocenters. The third-order valence-corrected chi connectivity index (χ3v) is 4.56. The molecule has 1 aliphatic carbocycles. The Hall–Kier alpha value is -1.20. The van der Waals surface area contributed by atoms with Crippen LogP contribution < -0.4 is 5.73 Å². The van der Waals surface area contributed by atoms with Crippen molar-refractivity contribution >= 4 is 11.3 Å². The topological polar surface area (TPSA) is 64.9 Å². The minimum absolute atomic E-state index is 0.142. The second kappa shape index (κ2) is 4.82. The van der Waals surface area contributed by atoms with E-state index in [1.54, 1.807) is 0 Å². The zero-order valence-electron chi connectivity index (χ0n) is 10.4. The molecule has 0 spiro atoms. The maximum atomic E-state index is 5.92. The molecule has 0 amide bonds. The lowest BCUT2D eigenvalue weighted by molar-refractivity contribution is 0.389. The van der Waals surface area contributed by atoms with Crippen LogP contribution in [0.1, 0.15) is 60.4 Å². The van der Waals surface area contributed by atoms with Crippen molar-refractivity contribution in [3.63, 3.8) is 0 Å². The first-order valence-corrected chi connectivity index (χ1v) is 7.32. The molecule has 1 aliphatic rings. The zero-order chi connectivity index (χ0) is 12.5. The largest absolute Gasteiger partial charge is 0.423 e. The van der Waals surface area contributed by atoms with Crippen molar-refractivity contribution in [2.75, 3.05) is 0 Å². The Bertz CT molecular complexity index is 534. The van der Waals surface area contributed by atoms with Gasteiger partial charge in [-0.15, -0.1) is 21.5 Å². The first-order valence-electron chi connectivity index (χ1n) is 6.44. The van der Waals surface area contributed by atoms with Crippen LogP contribution in [0.5, 0.6) is 0 Å². The number of aromatic nitrogens is 2. The second-order valence-electron chi connectivity index (χ2n) is 4.74. The summed E-state index contributed by atoms with van der Waals surface area (Å²) in [7, 11) is 0. The Labute approximate surface area is 110 Å². The van der Waals surface area contributed by atoms with E-state index in [0.29, 0.717) is 5.89 Å². The number of nitrogens with zero attached hydrogens (tertiary/aromatic N) is 2. The fourth-order valence-corrected chi connectivity index (χ4v) is 3.44. The van der Waals surface area contributed by atoms with Gasteiger partial charge in [0.2, 0.25) is 11.8 Å². The molecule has 0 aromatic carbocycles. The summed E-state index contributed by atoms with van der Waals surface area (Å²) in [6.07, 6.45) is 4.28. The third-order valence-electron chi connectivity index (χ3n) is 3.56. The number of hydrogen-bond donors (Lipinski definition) is 1. The number of hydrogen-bond acceptors (Lipinski definition) is 5. The molecule has 96 valence electrons. The first kappa shape index (κ1) is 11.9. The van der Waals surface area contributed by atoms with Crippen LogP contribution in [0.15, 0.2) is 15.9 Å². The Morgan fingerprint density at radius 3 is 3.28 bits per heavy atom. The van der Waals surface area contributed by atoms with Crippen LogP contribution in [0.25, 0.3) is 0 Å². The van der Waals surface area contributed by atoms with E-state index in [2.05, 4.69) is 21.6 Å². The van der Waals surface area contributed by atoms with Crippen molar-refractivity contribution in [2.24, 2.45) is 5.73 Å². The molecule has 3 rings (SSSR count). The van der Waals surface area contributed by atoms with Gasteiger partial charge in [0, 0.05) is 4.88 Å². The van der Waals surface area contributed by atoms with E-state index < -0.39 is 0 Å². The van der Waals surface area contributed by atoms with Crippen molar-refractivity contribution in [1.29, 1.82) is 0 Å². The Balaban J connectivity index is 1.90. The van der Waals surface area contributed by atoms with Gasteiger partial charge in [0.1, 0.15) is 0 Å². The van der Waals surface area contributed by atoms with Gasteiger partial charge >= 0.3 is 0 Å². The molecule has 5 heteroatoms. The Kier molecular flexibility index (Phi) is 3.18. The van der Waals surface area contributed by atoms with Crippen LogP contribution in [0, 0.1) is 0 Å². The molecule has 0 saturated carbocycles. The fraction of sp³-hybridized carbons (Fsp3) is 0.538. The molecular formula is C13H17N3OS. The highest BCUT2D eigenvalue weighted by Crippen LogP contribution is 2.38. The van der Waals surface area contributed by atoms with Crippen molar-refractivity contribution in [3.05, 3.63) is 33.7 Å². The summed E-state index contributed by atoms with van der Waals surface area (Å²) in [5.41, 5.74) is 7.28. The molecule has 2 aromatic rings. The second-order valence-corrected chi connectivity index (χ2v) is 5.74. The minimum Gasteiger partial charge on any atom is -0.423 e. The SMILES string of the molecule is CCC(N)c1nnc(C2CCCc3sccc32)o1. The van der Waals surface area contributed by atoms with Crippen LogP contribution in [0.4, 0.5) is 0 Å². The summed E-state index contributed by atoms with van der Waals surface area (Å²) in [6.45, 7) is 2.02. The standard InChI is InChI=1S/C13H17N3OS/c1-2-10(14)13-16-15-12(17-13)9-4-3-5-11-8(9)6-7-18-11/h6-7,9-10H,2-5,14H2,1H3. The Morgan fingerprint density at radius 2 is 2.44 bits per heavy atom. The summed E-state index contributed by atoms with van der Waals surface area (Å²) < 4.78 is 5.76. The number of rotatable bonds is 3. The molecule has 2 unspecified atom stereocenters. The van der Waals surface area contributed by atoms with E-state index in [1.165, 1.54) is 23.3 Å². The van der Waals surface area contributed by atoms with E-state index in [4.69, 9.17) is 10.2 Å². The highest BCUT2D eigenvalue weighted by molar-refractivity contribution is 7.10. The molecule has 18 heavy (non-hydrogen) atoms. The van der Waals surface area contributed by atoms with E-state index in [-0.39, 0.29) is 12.0 Å². The molecule has 0 saturated heterocycles. The smallest absolute Gasteiger partial charge is 0.233 e. The van der Waals surface area contributed by atoms with Gasteiger partial charge in [-0.05, 0) is 42.7 Å². The van der Waals surface area contributed by atoms with E-state index in [9.17, 15) is 0 Å². The van der Waals surface area contributed by atoms with Gasteiger partial charge in [-0.25, -0.2) is 0 Å². The summed E-state index contributed by atoms with van der Waals surface area (Å²) in [4.78, 5) is 1.46. The maximum Gasteiger partial charge on any atom is 0.233 e. The normalized spacial score (nSPS) is 20.7. The van der Waals surface area contributed by atoms with Crippen LogP contribution in [-0.2, 0) is 6.42 Å². The van der Waals surface area contributed by atoms with Crippen molar-refractivity contribution in [2.45, 2.75) is 44.6 Å². The number of fused-ring (bicyclic) bond motifs is 1. The van der Waals surface area contributed by atoms with Crippen LogP contribution in [0.3, 0.4) is 0 Å². The van der Waals surface area contributed by atoms with Crippen molar-refractivity contribution in [1.82, 2.24) is 10.2 Å². The van der Waals surface area contributed by atoms with Crippen LogP contribution >= 0.6 is 11.3 Å². The van der Waals surface area contributed by atoms with Gasteiger partial charge in [0.15, 0.2) is 0 Å². The van der Waals surface area contributed by atoms with E-state index in [0.717, 1.165) is 18.7 Å². The summed E-state index contributed by atoms with van der Waals surface area (Å²) in [6, 6.07) is 2.05. The summed E-state index contributed by atoms with van der Waals surface area (Å²) >= 11 is 1.83. The van der Waals surface area contributed by atoms with Crippen molar-refractivity contribution < 1.29 is 4.42 Å². The monoisotopic (exact) mass is 263 g/mol. The van der Waals surface area contributed by atoms with Gasteiger partial charge in [0.25, 0.3) is 0 Å². The number of thiophene rings is 1. The lowest BCUT2D eigenvalue weighted by Crippen LogP contribution is -2.09. The van der Waals surface area contributed by atoms with Gasteiger partial charge in [-0.2, -0.15) is 0 Å². The van der Waals surface area contributed by atoms with Crippen LogP contribution in [-0.4, -0.2) is 10.2 Å². The van der Waals surface area contributed by atoms with Gasteiger partial charge in [0.05, 0.1) is 12.0 Å². The molecule has 4 nitrogen and oxygen atoms in total. The molecule has 0 fully saturated rings. The molecule has 0 aliphatic heterocycles. The average molecular weight is 263 g/mol. The molecule has 2 aromatic heterocycles. The van der Waals surface area contributed by atoms with Gasteiger partial charge in [-0.1, -0.05) is 6.92 Å². The molecule has 2 heterocycles. The van der Waals surface area contributed by atoms with Crippen molar-refractivity contribution in [3.8, 4) is 0 Å². The predicted molar refractivity (Wildman–Crippen MR) is 70.6 cm³/mol. The molecule has 0 bridgehead atoms. The molecular weight excluding hydrogens is 246 g/mol. The quantitative estimate of drug-likeness (QED) is 0.924. The fourth-order valence-electron chi connectivity index (χ4n) is 2.45. The van der Waals surface area contributed by atoms with E-state index in [1.807, 2.05) is 18.3 Å². The number of nitrogens with two attached hydrogens (primary N) is 1. The zero-order valence-corrected chi connectivity index (χ0v) is 11.2. The minimum atomic E-state index is -0.142. The highest BCUT2D eigenvalue weighted by atomic mass is 32.1.